The summed E-state index contributed by atoms with van der Waals surface area (Å²) in [4.78, 5) is 6.60. The topological polar surface area (TPSA) is 62.4 Å². The lowest BCUT2D eigenvalue weighted by atomic mass is 10.1. The molecule has 1 unspecified atom stereocenters. The first-order valence-corrected chi connectivity index (χ1v) is 5.40. The summed E-state index contributed by atoms with van der Waals surface area (Å²) < 4.78 is 0. The van der Waals surface area contributed by atoms with E-state index in [1.165, 1.54) is 12.8 Å². The van der Waals surface area contributed by atoms with Crippen LogP contribution in [0.5, 0.6) is 0 Å². The zero-order valence-electron chi connectivity index (χ0n) is 8.76. The van der Waals surface area contributed by atoms with Crippen LogP contribution in [0, 0.1) is 0 Å². The number of aromatic nitrogens is 1. The Labute approximate surface area is 89.7 Å². The van der Waals surface area contributed by atoms with Gasteiger partial charge in [-0.3, -0.25) is 0 Å². The highest BCUT2D eigenvalue weighted by Crippen LogP contribution is 2.19. The number of anilines is 1. The van der Waals surface area contributed by atoms with E-state index in [4.69, 9.17) is 5.73 Å². The van der Waals surface area contributed by atoms with Gasteiger partial charge in [-0.2, -0.15) is 0 Å². The van der Waals surface area contributed by atoms with Crippen LogP contribution in [0.25, 0.3) is 0 Å². The van der Waals surface area contributed by atoms with Gasteiger partial charge in [-0.25, -0.2) is 4.98 Å². The molecule has 1 aliphatic rings. The highest BCUT2D eigenvalue weighted by Gasteiger charge is 2.13. The molecule has 4 heteroatoms. The molecule has 2 rings (SSSR count). The maximum atomic E-state index is 9.51. The maximum Gasteiger partial charge on any atom is 0.128 e. The molecule has 0 aliphatic carbocycles. The summed E-state index contributed by atoms with van der Waals surface area (Å²) in [6.07, 6.45) is 3.61. The highest BCUT2D eigenvalue weighted by molar-refractivity contribution is 5.40. The molecule has 0 aromatic carbocycles. The maximum absolute atomic E-state index is 9.51. The molecule has 0 bridgehead atoms. The third kappa shape index (κ3) is 2.27. The second-order valence-electron chi connectivity index (χ2n) is 3.90. The molecule has 3 N–H and O–H groups in total. The van der Waals surface area contributed by atoms with Crippen molar-refractivity contribution in [3.8, 4) is 0 Å². The normalized spacial score (nSPS) is 18.1. The number of aliphatic hydroxyl groups is 1. The number of nitrogens with two attached hydrogens (primary N) is 1. The number of pyridine rings is 1. The monoisotopic (exact) mass is 207 g/mol. The van der Waals surface area contributed by atoms with Crippen LogP contribution < -0.4 is 10.6 Å². The molecule has 1 aromatic heterocycles. The van der Waals surface area contributed by atoms with Crippen molar-refractivity contribution in [3.05, 3.63) is 23.9 Å². The van der Waals surface area contributed by atoms with E-state index in [2.05, 4.69) is 9.88 Å². The lowest BCUT2D eigenvalue weighted by Crippen LogP contribution is -2.19. The number of nitrogens with zero attached hydrogens (tertiary/aromatic N) is 2. The minimum atomic E-state index is -0.592. The van der Waals surface area contributed by atoms with Gasteiger partial charge in [0, 0.05) is 31.4 Å². The summed E-state index contributed by atoms with van der Waals surface area (Å²) in [7, 11) is 0. The van der Waals surface area contributed by atoms with Gasteiger partial charge in [-0.15, -0.1) is 0 Å². The van der Waals surface area contributed by atoms with Gasteiger partial charge in [-0.05, 0) is 18.9 Å². The first-order valence-electron chi connectivity index (χ1n) is 5.40. The predicted octanol–water partition coefficient (Wildman–Crippen LogP) is 0.674. The van der Waals surface area contributed by atoms with Gasteiger partial charge in [-0.1, -0.05) is 6.07 Å². The van der Waals surface area contributed by atoms with E-state index < -0.39 is 6.10 Å². The lowest BCUT2D eigenvalue weighted by Gasteiger charge is -2.17. The number of rotatable bonds is 3. The molecule has 1 aliphatic heterocycles. The van der Waals surface area contributed by atoms with Crippen LogP contribution in [0.3, 0.4) is 0 Å². The third-order valence-corrected chi connectivity index (χ3v) is 2.81. The van der Waals surface area contributed by atoms with Gasteiger partial charge in [0.25, 0.3) is 0 Å². The fourth-order valence-corrected chi connectivity index (χ4v) is 1.86. The molecule has 1 atom stereocenters. The summed E-state index contributed by atoms with van der Waals surface area (Å²) in [5.41, 5.74) is 6.17. The Bertz CT molecular complexity index is 306. The fraction of sp³-hybridized carbons (Fsp3) is 0.545. The van der Waals surface area contributed by atoms with Crippen molar-refractivity contribution in [1.82, 2.24) is 4.98 Å². The van der Waals surface area contributed by atoms with Crippen LogP contribution >= 0.6 is 0 Å². The van der Waals surface area contributed by atoms with Gasteiger partial charge >= 0.3 is 0 Å². The smallest absolute Gasteiger partial charge is 0.128 e. The number of hydrogen-bond acceptors (Lipinski definition) is 4. The first kappa shape index (κ1) is 10.4. The average Bonchev–Trinajstić information content (AvgIpc) is 2.82. The second kappa shape index (κ2) is 4.59. The summed E-state index contributed by atoms with van der Waals surface area (Å²) in [6, 6.07) is 3.86. The van der Waals surface area contributed by atoms with Crippen molar-refractivity contribution in [3.63, 3.8) is 0 Å². The first-order chi connectivity index (χ1) is 7.31. The van der Waals surface area contributed by atoms with E-state index >= 15 is 0 Å². The zero-order valence-corrected chi connectivity index (χ0v) is 8.76. The summed E-state index contributed by atoms with van der Waals surface area (Å²) >= 11 is 0. The second-order valence-corrected chi connectivity index (χ2v) is 3.90. The van der Waals surface area contributed by atoms with Crippen LogP contribution in [0.15, 0.2) is 18.3 Å². The number of aliphatic hydroxyl groups excluding tert-OH is 1. The van der Waals surface area contributed by atoms with Crippen molar-refractivity contribution < 1.29 is 5.11 Å². The molecule has 0 amide bonds. The average molecular weight is 207 g/mol. The van der Waals surface area contributed by atoms with Gasteiger partial charge in [0.05, 0.1) is 6.10 Å². The molecule has 0 spiro atoms. The molecule has 1 aromatic rings. The van der Waals surface area contributed by atoms with E-state index in [-0.39, 0.29) is 6.54 Å². The third-order valence-electron chi connectivity index (χ3n) is 2.81. The minimum Gasteiger partial charge on any atom is -0.387 e. The molecular formula is C11H17N3O. The zero-order chi connectivity index (χ0) is 10.7. The SMILES string of the molecule is NCC(O)c1ccc(N2CCCC2)nc1. The van der Waals surface area contributed by atoms with Crippen molar-refractivity contribution >= 4 is 5.82 Å². The summed E-state index contributed by atoms with van der Waals surface area (Å²) in [6.45, 7) is 2.42. The van der Waals surface area contributed by atoms with Gasteiger partial charge < -0.3 is 15.7 Å². The Hall–Kier alpha value is -1.13. The largest absolute Gasteiger partial charge is 0.387 e. The van der Waals surface area contributed by atoms with Crippen molar-refractivity contribution in [2.75, 3.05) is 24.5 Å². The van der Waals surface area contributed by atoms with Crippen LogP contribution in [-0.4, -0.2) is 29.7 Å². The van der Waals surface area contributed by atoms with Crippen LogP contribution in [0.1, 0.15) is 24.5 Å². The summed E-state index contributed by atoms with van der Waals surface area (Å²) in [5, 5.41) is 9.51. The van der Waals surface area contributed by atoms with Crippen LogP contribution in [0.2, 0.25) is 0 Å². The minimum absolute atomic E-state index is 0.241. The van der Waals surface area contributed by atoms with E-state index in [0.717, 1.165) is 24.5 Å². The fourth-order valence-electron chi connectivity index (χ4n) is 1.86. The van der Waals surface area contributed by atoms with Crippen LogP contribution in [-0.2, 0) is 0 Å². The van der Waals surface area contributed by atoms with Crippen LogP contribution in [0.4, 0.5) is 5.82 Å². The van der Waals surface area contributed by atoms with E-state index in [1.807, 2.05) is 12.1 Å². The Morgan fingerprint density at radius 2 is 2.13 bits per heavy atom. The molecule has 1 saturated heterocycles. The van der Waals surface area contributed by atoms with E-state index in [1.54, 1.807) is 6.20 Å². The van der Waals surface area contributed by atoms with Crippen molar-refractivity contribution in [1.29, 1.82) is 0 Å². The Kier molecular flexibility index (Phi) is 3.18. The molecule has 4 nitrogen and oxygen atoms in total. The van der Waals surface area contributed by atoms with Gasteiger partial charge in [0.15, 0.2) is 0 Å². The molecule has 2 heterocycles. The molecular weight excluding hydrogens is 190 g/mol. The van der Waals surface area contributed by atoms with Crippen molar-refractivity contribution in [2.24, 2.45) is 5.73 Å². The highest BCUT2D eigenvalue weighted by atomic mass is 16.3. The van der Waals surface area contributed by atoms with Gasteiger partial charge in [0.1, 0.15) is 5.82 Å². The number of hydrogen-bond donors (Lipinski definition) is 2. The lowest BCUT2D eigenvalue weighted by molar-refractivity contribution is 0.186. The van der Waals surface area contributed by atoms with E-state index in [0.29, 0.717) is 0 Å². The molecule has 1 fully saturated rings. The molecule has 0 radical (unpaired) electrons. The quantitative estimate of drug-likeness (QED) is 0.765. The Morgan fingerprint density at radius 3 is 2.67 bits per heavy atom. The Balaban J connectivity index is 2.09. The molecule has 0 saturated carbocycles. The predicted molar refractivity (Wildman–Crippen MR) is 59.7 cm³/mol. The van der Waals surface area contributed by atoms with Gasteiger partial charge in [0.2, 0.25) is 0 Å². The van der Waals surface area contributed by atoms with E-state index in [9.17, 15) is 5.11 Å². The standard InChI is InChI=1S/C11H17N3O/c12-7-10(15)9-3-4-11(13-8-9)14-5-1-2-6-14/h3-4,8,10,15H,1-2,5-7,12H2. The molecule has 82 valence electrons. The summed E-state index contributed by atoms with van der Waals surface area (Å²) in [5.74, 6) is 1.00. The van der Waals surface area contributed by atoms with Crippen molar-refractivity contribution in [2.45, 2.75) is 18.9 Å². The Morgan fingerprint density at radius 1 is 1.40 bits per heavy atom. The molecule has 15 heavy (non-hydrogen) atoms.